The molecule has 0 aromatic heterocycles. The molecule has 4 heteroatoms. The van der Waals surface area contributed by atoms with Crippen LogP contribution in [0.1, 0.15) is 37.7 Å². The molecule has 1 N–H and O–H groups in total. The van der Waals surface area contributed by atoms with Crippen LogP contribution in [0.25, 0.3) is 0 Å². The fourth-order valence-electron chi connectivity index (χ4n) is 4.14. The van der Waals surface area contributed by atoms with Crippen LogP contribution in [0.2, 0.25) is 5.02 Å². The fourth-order valence-corrected chi connectivity index (χ4v) is 4.27. The molecule has 1 atom stereocenters. The molecule has 2 aliphatic rings. The topological polar surface area (TPSA) is 40.5 Å². The van der Waals surface area contributed by atoms with Gasteiger partial charge in [0, 0.05) is 24.7 Å². The molecule has 0 radical (unpaired) electrons. The van der Waals surface area contributed by atoms with Crippen molar-refractivity contribution in [2.45, 2.75) is 38.6 Å². The molecule has 0 bridgehead atoms. The highest BCUT2D eigenvalue weighted by atomic mass is 35.5. The van der Waals surface area contributed by atoms with Crippen LogP contribution in [-0.4, -0.2) is 29.1 Å². The highest BCUT2D eigenvalue weighted by molar-refractivity contribution is 6.30. The Morgan fingerprint density at radius 3 is 2.52 bits per heavy atom. The Labute approximate surface area is 130 Å². The van der Waals surface area contributed by atoms with Crippen molar-refractivity contribution in [2.24, 2.45) is 11.3 Å². The van der Waals surface area contributed by atoms with Gasteiger partial charge in [-0.3, -0.25) is 9.69 Å². The minimum Gasteiger partial charge on any atom is -0.481 e. The first-order chi connectivity index (χ1) is 10.1. The average Bonchev–Trinajstić information content (AvgIpc) is 2.80. The summed E-state index contributed by atoms with van der Waals surface area (Å²) in [6.07, 6.45) is 5.75. The molecule has 114 valence electrons. The summed E-state index contributed by atoms with van der Waals surface area (Å²) in [7, 11) is 0. The Morgan fingerprint density at radius 2 is 1.90 bits per heavy atom. The zero-order valence-electron chi connectivity index (χ0n) is 12.2. The molecular weight excluding hydrogens is 286 g/mol. The zero-order chi connectivity index (χ0) is 14.9. The van der Waals surface area contributed by atoms with E-state index in [-0.39, 0.29) is 11.3 Å². The monoisotopic (exact) mass is 307 g/mol. The lowest BCUT2D eigenvalue weighted by Crippen LogP contribution is -2.36. The first kappa shape index (κ1) is 14.9. The zero-order valence-corrected chi connectivity index (χ0v) is 13.0. The normalized spacial score (nSPS) is 25.3. The lowest BCUT2D eigenvalue weighted by molar-refractivity contribution is -0.145. The molecule has 0 amide bonds. The number of hydrogen-bond donors (Lipinski definition) is 1. The molecule has 2 fully saturated rings. The number of likely N-dealkylation sites (tertiary alicyclic amines) is 1. The summed E-state index contributed by atoms with van der Waals surface area (Å²) in [6, 6.07) is 7.87. The van der Waals surface area contributed by atoms with Gasteiger partial charge < -0.3 is 5.11 Å². The van der Waals surface area contributed by atoms with Gasteiger partial charge in [0.15, 0.2) is 0 Å². The minimum atomic E-state index is -0.615. The van der Waals surface area contributed by atoms with Crippen LogP contribution in [0.4, 0.5) is 0 Å². The van der Waals surface area contributed by atoms with Crippen molar-refractivity contribution in [1.82, 2.24) is 4.90 Å². The minimum absolute atomic E-state index is 0.0104. The standard InChI is InChI=1S/C17H22ClNO2/c18-14-6-4-13(5-7-14)10-19-11-15(16(20)21)17(12-19)8-2-1-3-9-17/h4-7,15H,1-3,8-12H2,(H,20,21)/t15-/m1/s1. The second-order valence-corrected chi connectivity index (χ2v) is 7.05. The van der Waals surface area contributed by atoms with E-state index in [1.165, 1.54) is 24.8 Å². The summed E-state index contributed by atoms with van der Waals surface area (Å²) in [5, 5.41) is 10.3. The van der Waals surface area contributed by atoms with E-state index in [4.69, 9.17) is 11.6 Å². The van der Waals surface area contributed by atoms with E-state index < -0.39 is 5.97 Å². The predicted octanol–water partition coefficient (Wildman–Crippen LogP) is 3.81. The summed E-state index contributed by atoms with van der Waals surface area (Å²) in [4.78, 5) is 14.0. The molecule has 1 spiro atoms. The summed E-state index contributed by atoms with van der Waals surface area (Å²) in [5.41, 5.74) is 1.22. The quantitative estimate of drug-likeness (QED) is 0.923. The number of aliphatic carboxylic acids is 1. The van der Waals surface area contributed by atoms with Gasteiger partial charge in [0.05, 0.1) is 5.92 Å². The van der Waals surface area contributed by atoms with Gasteiger partial charge in [-0.1, -0.05) is 43.0 Å². The number of hydrogen-bond acceptors (Lipinski definition) is 2. The lowest BCUT2D eigenvalue weighted by Gasteiger charge is -2.36. The van der Waals surface area contributed by atoms with Crippen LogP contribution in [0, 0.1) is 11.3 Å². The average molecular weight is 308 g/mol. The first-order valence-corrected chi connectivity index (χ1v) is 8.16. The summed E-state index contributed by atoms with van der Waals surface area (Å²) in [6.45, 7) is 2.42. The number of rotatable bonds is 3. The van der Waals surface area contributed by atoms with Gasteiger partial charge in [-0.2, -0.15) is 0 Å². The highest BCUT2D eigenvalue weighted by Crippen LogP contribution is 2.47. The van der Waals surface area contributed by atoms with E-state index in [1.807, 2.05) is 24.3 Å². The first-order valence-electron chi connectivity index (χ1n) is 7.79. The smallest absolute Gasteiger partial charge is 0.308 e. The Kier molecular flexibility index (Phi) is 4.23. The Morgan fingerprint density at radius 1 is 1.24 bits per heavy atom. The Bertz CT molecular complexity index is 508. The number of carboxylic acids is 1. The SMILES string of the molecule is O=C(O)[C@H]1CN(Cc2ccc(Cl)cc2)CC12CCCCC2. The van der Waals surface area contributed by atoms with E-state index in [2.05, 4.69) is 4.90 Å². The van der Waals surface area contributed by atoms with Crippen LogP contribution in [0.5, 0.6) is 0 Å². The van der Waals surface area contributed by atoms with Crippen molar-refractivity contribution in [3.05, 3.63) is 34.9 Å². The number of nitrogens with zero attached hydrogens (tertiary/aromatic N) is 1. The number of carboxylic acid groups (broad SMARTS) is 1. The number of benzene rings is 1. The van der Waals surface area contributed by atoms with Gasteiger partial charge >= 0.3 is 5.97 Å². The molecule has 1 saturated heterocycles. The van der Waals surface area contributed by atoms with Gasteiger partial charge in [0.2, 0.25) is 0 Å². The summed E-state index contributed by atoms with van der Waals surface area (Å²) in [5.74, 6) is -0.819. The maximum Gasteiger partial charge on any atom is 0.308 e. The third kappa shape index (κ3) is 3.09. The van der Waals surface area contributed by atoms with Crippen LogP contribution in [0.15, 0.2) is 24.3 Å². The molecule has 21 heavy (non-hydrogen) atoms. The molecule has 1 aromatic rings. The van der Waals surface area contributed by atoms with Crippen LogP contribution in [-0.2, 0) is 11.3 Å². The number of halogens is 1. The molecule has 1 heterocycles. The van der Waals surface area contributed by atoms with Crippen LogP contribution in [0.3, 0.4) is 0 Å². The van der Waals surface area contributed by atoms with Crippen molar-refractivity contribution < 1.29 is 9.90 Å². The fraction of sp³-hybridized carbons (Fsp3) is 0.588. The molecule has 3 nitrogen and oxygen atoms in total. The highest BCUT2D eigenvalue weighted by Gasteiger charge is 2.50. The molecule has 1 saturated carbocycles. The van der Waals surface area contributed by atoms with Crippen molar-refractivity contribution in [1.29, 1.82) is 0 Å². The molecule has 1 aromatic carbocycles. The van der Waals surface area contributed by atoms with Crippen LogP contribution >= 0.6 is 11.6 Å². The van der Waals surface area contributed by atoms with Gasteiger partial charge in [-0.05, 0) is 36.0 Å². The molecule has 1 aliphatic carbocycles. The van der Waals surface area contributed by atoms with E-state index >= 15 is 0 Å². The number of carbonyl (C=O) groups is 1. The second-order valence-electron chi connectivity index (χ2n) is 6.61. The molecular formula is C17H22ClNO2. The molecule has 1 aliphatic heterocycles. The lowest BCUT2D eigenvalue weighted by atomic mass is 9.68. The Hall–Kier alpha value is -1.06. The second kappa shape index (κ2) is 5.98. The Balaban J connectivity index is 1.73. The summed E-state index contributed by atoms with van der Waals surface area (Å²) >= 11 is 5.92. The van der Waals surface area contributed by atoms with E-state index in [1.54, 1.807) is 0 Å². The maximum atomic E-state index is 11.7. The third-order valence-corrected chi connectivity index (χ3v) is 5.44. The van der Waals surface area contributed by atoms with E-state index in [9.17, 15) is 9.90 Å². The van der Waals surface area contributed by atoms with Crippen LogP contribution < -0.4 is 0 Å². The van der Waals surface area contributed by atoms with Crippen molar-refractivity contribution >= 4 is 17.6 Å². The van der Waals surface area contributed by atoms with Gasteiger partial charge in [0.25, 0.3) is 0 Å². The largest absolute Gasteiger partial charge is 0.481 e. The predicted molar refractivity (Wildman–Crippen MR) is 83.4 cm³/mol. The summed E-state index contributed by atoms with van der Waals surface area (Å²) < 4.78 is 0. The van der Waals surface area contributed by atoms with Crippen molar-refractivity contribution in [3.8, 4) is 0 Å². The van der Waals surface area contributed by atoms with Gasteiger partial charge in [0.1, 0.15) is 0 Å². The third-order valence-electron chi connectivity index (χ3n) is 5.19. The molecule has 3 rings (SSSR count). The van der Waals surface area contributed by atoms with Crippen molar-refractivity contribution in [2.75, 3.05) is 13.1 Å². The van der Waals surface area contributed by atoms with Crippen molar-refractivity contribution in [3.63, 3.8) is 0 Å². The van der Waals surface area contributed by atoms with E-state index in [0.29, 0.717) is 6.54 Å². The maximum absolute atomic E-state index is 11.7. The molecule has 0 unspecified atom stereocenters. The van der Waals surface area contributed by atoms with E-state index in [0.717, 1.165) is 31.0 Å². The van der Waals surface area contributed by atoms with Gasteiger partial charge in [-0.15, -0.1) is 0 Å². The van der Waals surface area contributed by atoms with Gasteiger partial charge in [-0.25, -0.2) is 0 Å².